The Balaban J connectivity index is 1.55. The fraction of sp³-hybridized carbons (Fsp3) is 0.375. The van der Waals surface area contributed by atoms with Crippen LogP contribution in [-0.2, 0) is 9.59 Å². The number of nitrogens with zero attached hydrogens (tertiary/aromatic N) is 3. The molecular formula is C24H27FN4O3. The molecule has 1 fully saturated rings. The largest absolute Gasteiger partial charge is 0.497 e. The predicted octanol–water partition coefficient (Wildman–Crippen LogP) is 2.71. The summed E-state index contributed by atoms with van der Waals surface area (Å²) in [7, 11) is 1.60. The molecule has 168 valence electrons. The Kier molecular flexibility index (Phi) is 6.50. The summed E-state index contributed by atoms with van der Waals surface area (Å²) in [5.74, 6) is -0.213. The van der Waals surface area contributed by atoms with Crippen molar-refractivity contribution in [3.05, 3.63) is 65.5 Å². The number of nitrogens with two attached hydrogens (primary N) is 1. The first-order valence-electron chi connectivity index (χ1n) is 10.8. The minimum Gasteiger partial charge on any atom is -0.497 e. The number of amides is 2. The average Bonchev–Trinajstić information content (AvgIpc) is 3.25. The third-order valence-corrected chi connectivity index (χ3v) is 6.20. The topological polar surface area (TPSA) is 88.2 Å². The molecule has 32 heavy (non-hydrogen) atoms. The van der Waals surface area contributed by atoms with E-state index in [1.807, 2.05) is 29.2 Å². The third kappa shape index (κ3) is 4.65. The van der Waals surface area contributed by atoms with Crippen molar-refractivity contribution in [3.8, 4) is 5.75 Å². The highest BCUT2D eigenvalue weighted by atomic mass is 19.1. The third-order valence-electron chi connectivity index (χ3n) is 6.20. The van der Waals surface area contributed by atoms with Crippen molar-refractivity contribution >= 4 is 17.5 Å². The Labute approximate surface area is 186 Å². The standard InChI is InChI=1S/C24H27FN4O3/c1-32-18-8-6-16(7-9-18)22-14-21(19-4-2-3-5-20(19)25)27-29(22)23(30)15-28-12-10-17(11-13-28)24(26)31/h2-9,17,22H,10-15H2,1H3,(H2,26,31). The summed E-state index contributed by atoms with van der Waals surface area (Å²) in [6, 6.07) is 13.6. The number of methoxy groups -OCH3 is 1. The molecule has 7 nitrogen and oxygen atoms in total. The van der Waals surface area contributed by atoms with Crippen molar-refractivity contribution in [3.63, 3.8) is 0 Å². The predicted molar refractivity (Wildman–Crippen MR) is 118 cm³/mol. The minimum absolute atomic E-state index is 0.133. The maximum absolute atomic E-state index is 14.4. The number of hydrazone groups is 1. The molecule has 0 saturated carbocycles. The number of primary amides is 1. The Morgan fingerprint density at radius 1 is 1.12 bits per heavy atom. The van der Waals surface area contributed by atoms with Crippen LogP contribution in [0.1, 0.15) is 36.4 Å². The lowest BCUT2D eigenvalue weighted by Gasteiger charge is -2.31. The maximum atomic E-state index is 14.4. The second-order valence-corrected chi connectivity index (χ2v) is 8.21. The van der Waals surface area contributed by atoms with Crippen LogP contribution in [-0.4, -0.2) is 54.2 Å². The molecule has 0 radical (unpaired) electrons. The van der Waals surface area contributed by atoms with Crippen LogP contribution in [0.15, 0.2) is 53.6 Å². The molecule has 1 atom stereocenters. The van der Waals surface area contributed by atoms with E-state index < -0.39 is 0 Å². The van der Waals surface area contributed by atoms with Crippen LogP contribution in [0, 0.1) is 11.7 Å². The zero-order valence-corrected chi connectivity index (χ0v) is 18.0. The second-order valence-electron chi connectivity index (χ2n) is 8.21. The molecule has 1 saturated heterocycles. The van der Waals surface area contributed by atoms with Crippen molar-refractivity contribution in [2.45, 2.75) is 25.3 Å². The second kappa shape index (κ2) is 9.48. The number of hydrogen-bond donors (Lipinski definition) is 1. The van der Waals surface area contributed by atoms with Crippen LogP contribution < -0.4 is 10.5 Å². The van der Waals surface area contributed by atoms with Crippen molar-refractivity contribution in [2.75, 3.05) is 26.7 Å². The first-order chi connectivity index (χ1) is 15.5. The monoisotopic (exact) mass is 438 g/mol. The van der Waals surface area contributed by atoms with Crippen molar-refractivity contribution in [1.82, 2.24) is 9.91 Å². The van der Waals surface area contributed by atoms with Gasteiger partial charge in [0.2, 0.25) is 5.91 Å². The van der Waals surface area contributed by atoms with E-state index in [1.54, 1.807) is 25.3 Å². The summed E-state index contributed by atoms with van der Waals surface area (Å²) in [6.07, 6.45) is 1.71. The maximum Gasteiger partial charge on any atom is 0.257 e. The number of piperidine rings is 1. The van der Waals surface area contributed by atoms with E-state index in [0.29, 0.717) is 43.6 Å². The zero-order chi connectivity index (χ0) is 22.7. The van der Waals surface area contributed by atoms with Gasteiger partial charge in [0.05, 0.1) is 25.4 Å². The summed E-state index contributed by atoms with van der Waals surface area (Å²) in [4.78, 5) is 26.7. The number of ether oxygens (including phenoxy) is 1. The fourth-order valence-corrected chi connectivity index (χ4v) is 4.32. The van der Waals surface area contributed by atoms with Gasteiger partial charge >= 0.3 is 0 Å². The first-order valence-corrected chi connectivity index (χ1v) is 10.8. The van der Waals surface area contributed by atoms with Crippen molar-refractivity contribution < 1.29 is 18.7 Å². The lowest BCUT2D eigenvalue weighted by atomic mass is 9.96. The molecule has 0 bridgehead atoms. The van der Waals surface area contributed by atoms with Crippen LogP contribution >= 0.6 is 0 Å². The summed E-state index contributed by atoms with van der Waals surface area (Å²) in [5.41, 5.74) is 7.27. The smallest absolute Gasteiger partial charge is 0.257 e. The molecule has 2 aliphatic heterocycles. The van der Waals surface area contributed by atoms with Gasteiger partial charge in [0.15, 0.2) is 0 Å². The quantitative estimate of drug-likeness (QED) is 0.751. The van der Waals surface area contributed by atoms with Gasteiger partial charge in [0.1, 0.15) is 11.6 Å². The Bertz CT molecular complexity index is 1020. The molecule has 2 aromatic rings. The number of hydrogen-bond acceptors (Lipinski definition) is 5. The summed E-state index contributed by atoms with van der Waals surface area (Å²) < 4.78 is 19.7. The molecule has 4 rings (SSSR count). The molecule has 1 unspecified atom stereocenters. The SMILES string of the molecule is COc1ccc(C2CC(c3ccccc3F)=NN2C(=O)CN2CCC(C(N)=O)CC2)cc1. The molecule has 2 aliphatic rings. The molecule has 2 amide bonds. The van der Waals surface area contributed by atoms with Gasteiger partial charge in [-0.2, -0.15) is 5.10 Å². The lowest BCUT2D eigenvalue weighted by molar-refractivity contribution is -0.134. The fourth-order valence-electron chi connectivity index (χ4n) is 4.32. The van der Waals surface area contributed by atoms with Gasteiger partial charge in [-0.15, -0.1) is 0 Å². The van der Waals surface area contributed by atoms with Gasteiger partial charge in [0.25, 0.3) is 5.91 Å². The number of benzene rings is 2. The minimum atomic E-state index is -0.359. The first kappa shape index (κ1) is 22.0. The van der Waals surface area contributed by atoms with E-state index in [4.69, 9.17) is 10.5 Å². The molecule has 8 heteroatoms. The highest BCUT2D eigenvalue weighted by molar-refractivity contribution is 6.03. The highest BCUT2D eigenvalue weighted by Crippen LogP contribution is 2.34. The van der Waals surface area contributed by atoms with E-state index in [2.05, 4.69) is 5.10 Å². The molecule has 0 aromatic heterocycles. The van der Waals surface area contributed by atoms with Gasteiger partial charge < -0.3 is 10.5 Å². The van der Waals surface area contributed by atoms with Gasteiger partial charge in [0, 0.05) is 17.9 Å². The molecule has 0 aliphatic carbocycles. The zero-order valence-electron chi connectivity index (χ0n) is 18.0. The van der Waals surface area contributed by atoms with Gasteiger partial charge in [-0.05, 0) is 49.7 Å². The molecular weight excluding hydrogens is 411 g/mol. The number of carbonyl (C=O) groups excluding carboxylic acids is 2. The normalized spacial score (nSPS) is 19.6. The molecule has 2 aromatic carbocycles. The van der Waals surface area contributed by atoms with E-state index in [1.165, 1.54) is 11.1 Å². The lowest BCUT2D eigenvalue weighted by Crippen LogP contribution is -2.43. The molecule has 2 N–H and O–H groups in total. The summed E-state index contributed by atoms with van der Waals surface area (Å²) in [6.45, 7) is 1.45. The molecule has 2 heterocycles. The Morgan fingerprint density at radius 2 is 1.81 bits per heavy atom. The van der Waals surface area contributed by atoms with Crippen LogP contribution in [0.2, 0.25) is 0 Å². The van der Waals surface area contributed by atoms with Crippen LogP contribution in [0.4, 0.5) is 4.39 Å². The molecule has 0 spiro atoms. The Hall–Kier alpha value is -3.26. The summed E-state index contributed by atoms with van der Waals surface area (Å²) >= 11 is 0. The van der Waals surface area contributed by atoms with Crippen LogP contribution in [0.3, 0.4) is 0 Å². The number of carbonyl (C=O) groups is 2. The number of rotatable bonds is 6. The van der Waals surface area contributed by atoms with Crippen molar-refractivity contribution in [1.29, 1.82) is 0 Å². The van der Waals surface area contributed by atoms with E-state index >= 15 is 0 Å². The van der Waals surface area contributed by atoms with E-state index in [0.717, 1.165) is 11.3 Å². The van der Waals surface area contributed by atoms with Crippen LogP contribution in [0.5, 0.6) is 5.75 Å². The summed E-state index contributed by atoms with van der Waals surface area (Å²) in [5, 5.41) is 6.03. The van der Waals surface area contributed by atoms with Crippen molar-refractivity contribution in [2.24, 2.45) is 16.8 Å². The van der Waals surface area contributed by atoms with E-state index in [-0.39, 0.29) is 36.1 Å². The number of halogens is 1. The Morgan fingerprint density at radius 3 is 2.44 bits per heavy atom. The highest BCUT2D eigenvalue weighted by Gasteiger charge is 2.35. The van der Waals surface area contributed by atoms with Gasteiger partial charge in [-0.25, -0.2) is 9.40 Å². The average molecular weight is 439 g/mol. The van der Waals surface area contributed by atoms with E-state index in [9.17, 15) is 14.0 Å². The number of likely N-dealkylation sites (tertiary alicyclic amines) is 1. The van der Waals surface area contributed by atoms with Gasteiger partial charge in [-0.3, -0.25) is 14.5 Å². The van der Waals surface area contributed by atoms with Crippen LogP contribution in [0.25, 0.3) is 0 Å². The van der Waals surface area contributed by atoms with Gasteiger partial charge in [-0.1, -0.05) is 30.3 Å².